The molecule has 0 unspecified atom stereocenters. The summed E-state index contributed by atoms with van der Waals surface area (Å²) in [5, 5.41) is 11.0. The van der Waals surface area contributed by atoms with Crippen molar-refractivity contribution in [2.75, 3.05) is 17.7 Å². The zero-order valence-corrected chi connectivity index (χ0v) is 16.1. The molecule has 1 amide bonds. The molecule has 8 heteroatoms. The van der Waals surface area contributed by atoms with Crippen molar-refractivity contribution in [2.24, 2.45) is 0 Å². The minimum absolute atomic E-state index is 0.0735. The van der Waals surface area contributed by atoms with Gasteiger partial charge in [-0.1, -0.05) is 54.2 Å². The summed E-state index contributed by atoms with van der Waals surface area (Å²) in [7, 11) is 0. The highest BCUT2D eigenvalue weighted by atomic mass is 32.2. The zero-order valence-electron chi connectivity index (χ0n) is 15.3. The second-order valence-electron chi connectivity index (χ2n) is 5.73. The molecule has 1 aromatic heterocycles. The number of hydrogen-bond donors (Lipinski definition) is 1. The van der Waals surface area contributed by atoms with Crippen molar-refractivity contribution in [3.8, 4) is 0 Å². The molecule has 0 atom stereocenters. The molecule has 28 heavy (non-hydrogen) atoms. The van der Waals surface area contributed by atoms with E-state index < -0.39 is 5.97 Å². The first-order valence-corrected chi connectivity index (χ1v) is 9.69. The van der Waals surface area contributed by atoms with E-state index in [0.717, 1.165) is 17.3 Å². The van der Waals surface area contributed by atoms with E-state index in [1.54, 1.807) is 31.2 Å². The number of ether oxygens (including phenoxy) is 1. The van der Waals surface area contributed by atoms with Crippen LogP contribution in [-0.2, 0) is 16.0 Å². The predicted octanol–water partition coefficient (Wildman–Crippen LogP) is 3.57. The third-order valence-electron chi connectivity index (χ3n) is 3.67. The maximum atomic E-state index is 12.2. The minimum Gasteiger partial charge on any atom is -0.462 e. The maximum Gasteiger partial charge on any atom is 0.340 e. The topological polar surface area (TPSA) is 94.3 Å². The Kier molecular flexibility index (Phi) is 6.80. The third-order valence-corrected chi connectivity index (χ3v) is 4.49. The van der Waals surface area contributed by atoms with Gasteiger partial charge in [0.15, 0.2) is 0 Å². The van der Waals surface area contributed by atoms with E-state index in [1.165, 1.54) is 0 Å². The molecule has 144 valence electrons. The zero-order chi connectivity index (χ0) is 19.8. The van der Waals surface area contributed by atoms with Crippen molar-refractivity contribution in [3.05, 3.63) is 71.6 Å². The van der Waals surface area contributed by atoms with Crippen LogP contribution < -0.4 is 5.32 Å². The molecule has 1 N–H and O–H groups in total. The second kappa shape index (κ2) is 9.70. The van der Waals surface area contributed by atoms with Crippen LogP contribution in [0.1, 0.15) is 28.7 Å². The van der Waals surface area contributed by atoms with E-state index in [9.17, 15) is 9.59 Å². The quantitative estimate of drug-likeness (QED) is 0.459. The van der Waals surface area contributed by atoms with Crippen LogP contribution >= 0.6 is 11.8 Å². The van der Waals surface area contributed by atoms with Gasteiger partial charge in [-0.3, -0.25) is 4.79 Å². The van der Waals surface area contributed by atoms with Gasteiger partial charge in [-0.15, -0.1) is 10.2 Å². The standard InChI is InChI=1S/C20H19N3O4S/c1-2-26-19(25)15-10-6-7-11-16(15)21-17(24)13-28-20-23-22-18(27-20)12-14-8-4-3-5-9-14/h3-11H,2,12-13H2,1H3,(H,21,24). The average molecular weight is 397 g/mol. The number of carbonyl (C=O) groups excluding carboxylic acids is 2. The lowest BCUT2D eigenvalue weighted by atomic mass is 10.2. The molecule has 0 aliphatic rings. The number of anilines is 1. The number of nitrogens with zero attached hydrogens (tertiary/aromatic N) is 2. The Bertz CT molecular complexity index is 943. The van der Waals surface area contributed by atoms with Crippen LogP contribution in [0.4, 0.5) is 5.69 Å². The summed E-state index contributed by atoms with van der Waals surface area (Å²) in [6.07, 6.45) is 0.535. The second-order valence-corrected chi connectivity index (χ2v) is 6.65. The smallest absolute Gasteiger partial charge is 0.340 e. The molecule has 1 heterocycles. The van der Waals surface area contributed by atoms with E-state index in [2.05, 4.69) is 15.5 Å². The summed E-state index contributed by atoms with van der Waals surface area (Å²) in [6, 6.07) is 16.5. The van der Waals surface area contributed by atoms with Gasteiger partial charge in [-0.05, 0) is 24.6 Å². The van der Waals surface area contributed by atoms with Crippen molar-refractivity contribution in [1.29, 1.82) is 0 Å². The molecule has 0 bridgehead atoms. The van der Waals surface area contributed by atoms with Crippen LogP contribution in [0.5, 0.6) is 0 Å². The molecular weight excluding hydrogens is 378 g/mol. The summed E-state index contributed by atoms with van der Waals surface area (Å²) in [5.74, 6) is -0.204. The molecule has 7 nitrogen and oxygen atoms in total. The van der Waals surface area contributed by atoms with Crippen molar-refractivity contribution in [3.63, 3.8) is 0 Å². The van der Waals surface area contributed by atoms with Crippen molar-refractivity contribution in [1.82, 2.24) is 10.2 Å². The number of para-hydroxylation sites is 1. The van der Waals surface area contributed by atoms with Gasteiger partial charge < -0.3 is 14.5 Å². The van der Waals surface area contributed by atoms with Crippen LogP contribution in [0.2, 0.25) is 0 Å². The van der Waals surface area contributed by atoms with Crippen molar-refractivity contribution >= 4 is 29.3 Å². The lowest BCUT2D eigenvalue weighted by molar-refractivity contribution is -0.113. The van der Waals surface area contributed by atoms with E-state index in [0.29, 0.717) is 28.8 Å². The van der Waals surface area contributed by atoms with Crippen LogP contribution in [0, 0.1) is 0 Å². The molecule has 0 saturated carbocycles. The predicted molar refractivity (Wildman–Crippen MR) is 105 cm³/mol. The fourth-order valence-electron chi connectivity index (χ4n) is 2.43. The lowest BCUT2D eigenvalue weighted by Crippen LogP contribution is -2.17. The molecule has 3 rings (SSSR count). The highest BCUT2D eigenvalue weighted by molar-refractivity contribution is 7.99. The minimum atomic E-state index is -0.478. The first-order valence-electron chi connectivity index (χ1n) is 8.71. The van der Waals surface area contributed by atoms with Crippen LogP contribution in [0.3, 0.4) is 0 Å². The van der Waals surface area contributed by atoms with Crippen molar-refractivity contribution in [2.45, 2.75) is 18.6 Å². The Morgan fingerprint density at radius 1 is 1.07 bits per heavy atom. The van der Waals surface area contributed by atoms with E-state index in [1.807, 2.05) is 30.3 Å². The van der Waals surface area contributed by atoms with E-state index >= 15 is 0 Å². The molecular formula is C20H19N3O4S. The van der Waals surface area contributed by atoms with Crippen LogP contribution in [0.25, 0.3) is 0 Å². The summed E-state index contributed by atoms with van der Waals surface area (Å²) >= 11 is 1.14. The molecule has 3 aromatic rings. The van der Waals surface area contributed by atoms with E-state index in [-0.39, 0.29) is 18.3 Å². The van der Waals surface area contributed by atoms with Gasteiger partial charge in [-0.25, -0.2) is 4.79 Å². The van der Waals surface area contributed by atoms with Crippen LogP contribution in [0.15, 0.2) is 64.2 Å². The van der Waals surface area contributed by atoms with Gasteiger partial charge >= 0.3 is 5.97 Å². The Morgan fingerprint density at radius 3 is 2.61 bits per heavy atom. The Morgan fingerprint density at radius 2 is 1.82 bits per heavy atom. The summed E-state index contributed by atoms with van der Waals surface area (Å²) in [4.78, 5) is 24.2. The molecule has 0 fully saturated rings. The Hall–Kier alpha value is -3.13. The first-order chi connectivity index (χ1) is 13.7. The third kappa shape index (κ3) is 5.43. The fourth-order valence-corrected chi connectivity index (χ4v) is 3.01. The number of benzene rings is 2. The van der Waals surface area contributed by atoms with Crippen LogP contribution in [-0.4, -0.2) is 34.4 Å². The summed E-state index contributed by atoms with van der Waals surface area (Å²) < 4.78 is 10.6. The van der Waals surface area contributed by atoms with Gasteiger partial charge in [-0.2, -0.15) is 0 Å². The van der Waals surface area contributed by atoms with Gasteiger partial charge in [0.2, 0.25) is 11.8 Å². The molecule has 0 saturated heterocycles. The molecule has 0 aliphatic heterocycles. The summed E-state index contributed by atoms with van der Waals surface area (Å²) in [5.41, 5.74) is 1.78. The van der Waals surface area contributed by atoms with Crippen molar-refractivity contribution < 1.29 is 18.7 Å². The van der Waals surface area contributed by atoms with E-state index in [4.69, 9.17) is 9.15 Å². The maximum absolute atomic E-state index is 12.2. The number of esters is 1. The molecule has 0 aliphatic carbocycles. The highest BCUT2D eigenvalue weighted by Crippen LogP contribution is 2.20. The fraction of sp³-hybridized carbons (Fsp3) is 0.200. The number of carbonyl (C=O) groups is 2. The molecule has 0 radical (unpaired) electrons. The Labute approximate surface area is 166 Å². The molecule has 0 spiro atoms. The number of hydrogen-bond acceptors (Lipinski definition) is 7. The van der Waals surface area contributed by atoms with Gasteiger partial charge in [0.05, 0.1) is 30.0 Å². The van der Waals surface area contributed by atoms with Gasteiger partial charge in [0.25, 0.3) is 5.22 Å². The number of amides is 1. The lowest BCUT2D eigenvalue weighted by Gasteiger charge is -2.09. The summed E-state index contributed by atoms with van der Waals surface area (Å²) in [6.45, 7) is 1.99. The highest BCUT2D eigenvalue weighted by Gasteiger charge is 2.15. The SMILES string of the molecule is CCOC(=O)c1ccccc1NC(=O)CSc1nnc(Cc2ccccc2)o1. The number of nitrogens with one attached hydrogen (secondary N) is 1. The van der Waals surface area contributed by atoms with Gasteiger partial charge in [0.1, 0.15) is 0 Å². The Balaban J connectivity index is 1.55. The monoisotopic (exact) mass is 397 g/mol. The van der Waals surface area contributed by atoms with Gasteiger partial charge in [0, 0.05) is 0 Å². The average Bonchev–Trinajstić information content (AvgIpc) is 3.15. The largest absolute Gasteiger partial charge is 0.462 e. The number of thioether (sulfide) groups is 1. The first kappa shape index (κ1) is 19.6. The molecule has 2 aromatic carbocycles. The number of aromatic nitrogens is 2. The number of rotatable bonds is 8. The normalized spacial score (nSPS) is 10.5.